The fraction of sp³-hybridized carbons (Fsp3) is 0.625. The Kier molecular flexibility index (Phi) is 4.39. The van der Waals surface area contributed by atoms with E-state index in [1.54, 1.807) is 13.2 Å². The monoisotopic (exact) mass is 288 g/mol. The third-order valence-corrected chi connectivity index (χ3v) is 4.78. The molecule has 5 nitrogen and oxygen atoms in total. The van der Waals surface area contributed by atoms with E-state index < -0.39 is 0 Å². The van der Waals surface area contributed by atoms with Crippen LogP contribution in [0.25, 0.3) is 0 Å². The van der Waals surface area contributed by atoms with E-state index in [2.05, 4.69) is 20.5 Å². The Balaban J connectivity index is 1.62. The standard InChI is InChI=1S/C16H24N4O/c1-17-16(21)15-11-13(4-8-19-15)20-9-5-12(6-10-20)14-3-2-7-18-14/h4,8,11-12,14,18H,2-3,5-7,9-10H2,1H3,(H,17,21). The molecule has 2 aliphatic rings. The molecule has 2 saturated heterocycles. The van der Waals surface area contributed by atoms with E-state index in [1.165, 1.54) is 32.2 Å². The van der Waals surface area contributed by atoms with E-state index in [0.717, 1.165) is 30.7 Å². The molecule has 5 heteroatoms. The summed E-state index contributed by atoms with van der Waals surface area (Å²) in [5.41, 5.74) is 1.61. The lowest BCUT2D eigenvalue weighted by atomic mass is 9.88. The van der Waals surface area contributed by atoms with Crippen LogP contribution in [0.15, 0.2) is 18.3 Å². The summed E-state index contributed by atoms with van der Waals surface area (Å²) < 4.78 is 0. The highest BCUT2D eigenvalue weighted by Gasteiger charge is 2.28. The molecule has 2 aliphatic heterocycles. The van der Waals surface area contributed by atoms with Crippen LogP contribution in [0.3, 0.4) is 0 Å². The van der Waals surface area contributed by atoms with Crippen molar-refractivity contribution < 1.29 is 4.79 Å². The Bertz CT molecular complexity index is 491. The molecule has 0 aliphatic carbocycles. The zero-order chi connectivity index (χ0) is 14.7. The number of nitrogens with one attached hydrogen (secondary N) is 2. The number of piperidine rings is 1. The highest BCUT2D eigenvalue weighted by molar-refractivity contribution is 5.92. The molecule has 1 aromatic heterocycles. The Morgan fingerprint density at radius 3 is 2.86 bits per heavy atom. The van der Waals surface area contributed by atoms with Crippen molar-refractivity contribution >= 4 is 11.6 Å². The van der Waals surface area contributed by atoms with Gasteiger partial charge in [0.2, 0.25) is 0 Å². The minimum absolute atomic E-state index is 0.123. The van der Waals surface area contributed by atoms with Crippen molar-refractivity contribution in [2.24, 2.45) is 5.92 Å². The summed E-state index contributed by atoms with van der Waals surface area (Å²) in [6.07, 6.45) is 6.85. The van der Waals surface area contributed by atoms with Crippen LogP contribution in [0.5, 0.6) is 0 Å². The van der Waals surface area contributed by atoms with Crippen LogP contribution >= 0.6 is 0 Å². The predicted molar refractivity (Wildman–Crippen MR) is 83.6 cm³/mol. The van der Waals surface area contributed by atoms with Crippen molar-refractivity contribution in [2.75, 3.05) is 31.6 Å². The van der Waals surface area contributed by atoms with Crippen molar-refractivity contribution in [2.45, 2.75) is 31.7 Å². The van der Waals surface area contributed by atoms with Gasteiger partial charge in [-0.05, 0) is 50.3 Å². The minimum atomic E-state index is -0.123. The molecule has 1 amide bonds. The maximum atomic E-state index is 11.7. The van der Waals surface area contributed by atoms with E-state index in [0.29, 0.717) is 5.69 Å². The van der Waals surface area contributed by atoms with Crippen LogP contribution in [0.1, 0.15) is 36.2 Å². The van der Waals surface area contributed by atoms with Gasteiger partial charge in [-0.25, -0.2) is 0 Å². The van der Waals surface area contributed by atoms with Crippen LogP contribution in [0.4, 0.5) is 5.69 Å². The van der Waals surface area contributed by atoms with Crippen molar-refractivity contribution in [1.29, 1.82) is 0 Å². The number of carbonyl (C=O) groups excluding carboxylic acids is 1. The lowest BCUT2D eigenvalue weighted by Gasteiger charge is -2.36. The molecule has 1 aromatic rings. The molecule has 0 radical (unpaired) electrons. The molecule has 3 rings (SSSR count). The maximum absolute atomic E-state index is 11.7. The van der Waals surface area contributed by atoms with Gasteiger partial charge in [0.15, 0.2) is 0 Å². The summed E-state index contributed by atoms with van der Waals surface area (Å²) in [5, 5.41) is 6.26. The highest BCUT2D eigenvalue weighted by atomic mass is 16.1. The molecule has 2 N–H and O–H groups in total. The molecule has 0 bridgehead atoms. The van der Waals surface area contributed by atoms with Gasteiger partial charge in [0.05, 0.1) is 0 Å². The first kappa shape index (κ1) is 14.3. The summed E-state index contributed by atoms with van der Waals surface area (Å²) in [6.45, 7) is 3.32. The van der Waals surface area contributed by atoms with Crippen LogP contribution in [-0.4, -0.2) is 43.6 Å². The topological polar surface area (TPSA) is 57.3 Å². The smallest absolute Gasteiger partial charge is 0.269 e. The normalized spacial score (nSPS) is 23.3. The summed E-state index contributed by atoms with van der Waals surface area (Å²) in [4.78, 5) is 18.2. The Hall–Kier alpha value is -1.62. The van der Waals surface area contributed by atoms with E-state index in [-0.39, 0.29) is 5.91 Å². The lowest BCUT2D eigenvalue weighted by Crippen LogP contribution is -2.41. The van der Waals surface area contributed by atoms with Crippen LogP contribution < -0.4 is 15.5 Å². The lowest BCUT2D eigenvalue weighted by molar-refractivity contribution is 0.0958. The molecule has 1 atom stereocenters. The number of hydrogen-bond acceptors (Lipinski definition) is 4. The molecule has 0 spiro atoms. The zero-order valence-electron chi connectivity index (χ0n) is 12.6. The molecule has 0 aromatic carbocycles. The number of amides is 1. The molecule has 114 valence electrons. The van der Waals surface area contributed by atoms with E-state index in [4.69, 9.17) is 0 Å². The van der Waals surface area contributed by atoms with Gasteiger partial charge in [-0.1, -0.05) is 0 Å². The first-order valence-corrected chi connectivity index (χ1v) is 7.94. The summed E-state index contributed by atoms with van der Waals surface area (Å²) in [6, 6.07) is 4.62. The van der Waals surface area contributed by atoms with Gasteiger partial charge < -0.3 is 15.5 Å². The van der Waals surface area contributed by atoms with Gasteiger partial charge in [0.1, 0.15) is 5.69 Å². The van der Waals surface area contributed by atoms with E-state index in [9.17, 15) is 4.79 Å². The summed E-state index contributed by atoms with van der Waals surface area (Å²) in [5.74, 6) is 0.686. The fourth-order valence-electron chi connectivity index (χ4n) is 3.54. The highest BCUT2D eigenvalue weighted by Crippen LogP contribution is 2.28. The first-order chi connectivity index (χ1) is 10.3. The predicted octanol–water partition coefficient (Wildman–Crippen LogP) is 1.41. The minimum Gasteiger partial charge on any atom is -0.371 e. The fourth-order valence-corrected chi connectivity index (χ4v) is 3.54. The van der Waals surface area contributed by atoms with Crippen LogP contribution in [0, 0.1) is 5.92 Å². The van der Waals surface area contributed by atoms with Gasteiger partial charge in [0, 0.05) is 38.1 Å². The van der Waals surface area contributed by atoms with Gasteiger partial charge in [-0.2, -0.15) is 0 Å². The third kappa shape index (κ3) is 3.18. The number of aromatic nitrogens is 1. The molecular formula is C16H24N4O. The number of anilines is 1. The summed E-state index contributed by atoms with van der Waals surface area (Å²) in [7, 11) is 1.64. The van der Waals surface area contributed by atoms with Crippen molar-refractivity contribution in [3.05, 3.63) is 24.0 Å². The quantitative estimate of drug-likeness (QED) is 0.883. The van der Waals surface area contributed by atoms with Crippen LogP contribution in [0.2, 0.25) is 0 Å². The Morgan fingerprint density at radius 1 is 1.38 bits per heavy atom. The van der Waals surface area contributed by atoms with Gasteiger partial charge in [-0.3, -0.25) is 9.78 Å². The molecule has 1 unspecified atom stereocenters. The first-order valence-electron chi connectivity index (χ1n) is 7.94. The number of carbonyl (C=O) groups is 1. The summed E-state index contributed by atoms with van der Waals surface area (Å²) >= 11 is 0. The van der Waals surface area contributed by atoms with Gasteiger partial charge in [-0.15, -0.1) is 0 Å². The average molecular weight is 288 g/mol. The van der Waals surface area contributed by atoms with E-state index in [1.807, 2.05) is 12.1 Å². The van der Waals surface area contributed by atoms with Crippen molar-refractivity contribution in [3.8, 4) is 0 Å². The van der Waals surface area contributed by atoms with E-state index >= 15 is 0 Å². The van der Waals surface area contributed by atoms with Gasteiger partial charge >= 0.3 is 0 Å². The number of pyridine rings is 1. The number of hydrogen-bond donors (Lipinski definition) is 2. The molecule has 2 fully saturated rings. The second kappa shape index (κ2) is 6.43. The SMILES string of the molecule is CNC(=O)c1cc(N2CCC(C3CCCN3)CC2)ccn1. The molecular weight excluding hydrogens is 264 g/mol. The second-order valence-electron chi connectivity index (χ2n) is 6.01. The number of nitrogens with zero attached hydrogens (tertiary/aromatic N) is 2. The van der Waals surface area contributed by atoms with Gasteiger partial charge in [0.25, 0.3) is 5.91 Å². The van der Waals surface area contributed by atoms with Crippen LogP contribution in [-0.2, 0) is 0 Å². The molecule has 3 heterocycles. The maximum Gasteiger partial charge on any atom is 0.269 e. The largest absolute Gasteiger partial charge is 0.371 e. The zero-order valence-corrected chi connectivity index (χ0v) is 12.6. The van der Waals surface area contributed by atoms with Crippen molar-refractivity contribution in [3.63, 3.8) is 0 Å². The third-order valence-electron chi connectivity index (χ3n) is 4.78. The Morgan fingerprint density at radius 2 is 2.19 bits per heavy atom. The number of rotatable bonds is 3. The second-order valence-corrected chi connectivity index (χ2v) is 6.01. The molecule has 21 heavy (non-hydrogen) atoms. The average Bonchev–Trinajstić information content (AvgIpc) is 3.09. The Labute approximate surface area is 126 Å². The molecule has 0 saturated carbocycles. The van der Waals surface area contributed by atoms with Crippen molar-refractivity contribution in [1.82, 2.24) is 15.6 Å².